The summed E-state index contributed by atoms with van der Waals surface area (Å²) >= 11 is 0. The number of carboxylic acids is 1. The Kier molecular flexibility index (Phi) is 5.87. The third-order valence-corrected chi connectivity index (χ3v) is 5.11. The van der Waals surface area contributed by atoms with Crippen LogP contribution in [0.4, 0.5) is 5.69 Å². The van der Waals surface area contributed by atoms with Gasteiger partial charge < -0.3 is 15.2 Å². The molecule has 0 aliphatic carbocycles. The highest BCUT2D eigenvalue weighted by atomic mass is 16.5. The van der Waals surface area contributed by atoms with E-state index in [0.29, 0.717) is 17.9 Å². The number of ether oxygens (including phenoxy) is 1. The zero-order valence-corrected chi connectivity index (χ0v) is 17.0. The fourth-order valence-corrected chi connectivity index (χ4v) is 3.41. The molecular formula is C22H25N3O4. The summed E-state index contributed by atoms with van der Waals surface area (Å²) in [6, 6.07) is 10.8. The van der Waals surface area contributed by atoms with Gasteiger partial charge in [-0.1, -0.05) is 31.2 Å². The van der Waals surface area contributed by atoms with Gasteiger partial charge in [-0.25, -0.2) is 4.79 Å². The van der Waals surface area contributed by atoms with Crippen molar-refractivity contribution in [3.05, 3.63) is 53.3 Å². The second kappa shape index (κ2) is 8.34. The maximum atomic E-state index is 12.8. The highest BCUT2D eigenvalue weighted by molar-refractivity contribution is 6.04. The summed E-state index contributed by atoms with van der Waals surface area (Å²) in [6.07, 6.45) is 0.606. The number of fused-ring (bicyclic) bond motifs is 1. The van der Waals surface area contributed by atoms with Gasteiger partial charge in [-0.3, -0.25) is 9.48 Å². The van der Waals surface area contributed by atoms with Crippen LogP contribution in [0.25, 0.3) is 10.8 Å². The third-order valence-electron chi connectivity index (χ3n) is 5.11. The predicted molar refractivity (Wildman–Crippen MR) is 111 cm³/mol. The molecular weight excluding hydrogens is 370 g/mol. The Morgan fingerprint density at radius 1 is 1.17 bits per heavy atom. The third kappa shape index (κ3) is 4.39. The van der Waals surface area contributed by atoms with E-state index >= 15 is 0 Å². The van der Waals surface area contributed by atoms with Gasteiger partial charge in [0.2, 0.25) is 5.91 Å². The molecule has 0 saturated heterocycles. The van der Waals surface area contributed by atoms with E-state index in [-0.39, 0.29) is 11.8 Å². The van der Waals surface area contributed by atoms with Crippen molar-refractivity contribution < 1.29 is 19.4 Å². The van der Waals surface area contributed by atoms with Gasteiger partial charge in [-0.15, -0.1) is 0 Å². The first-order valence-electron chi connectivity index (χ1n) is 9.44. The van der Waals surface area contributed by atoms with Gasteiger partial charge in [-0.2, -0.15) is 5.10 Å². The average Bonchev–Trinajstić information content (AvgIpc) is 2.93. The topological polar surface area (TPSA) is 93.5 Å². The number of amides is 1. The van der Waals surface area contributed by atoms with Crippen molar-refractivity contribution in [2.45, 2.75) is 27.2 Å². The van der Waals surface area contributed by atoms with Crippen molar-refractivity contribution in [3.8, 4) is 5.75 Å². The van der Waals surface area contributed by atoms with Crippen molar-refractivity contribution in [2.24, 2.45) is 13.0 Å². The summed E-state index contributed by atoms with van der Waals surface area (Å²) in [5.74, 6) is -0.896. The molecule has 1 amide bonds. The molecule has 0 saturated carbocycles. The fraction of sp³-hybridized carbons (Fsp3) is 0.318. The maximum Gasteiger partial charge on any atom is 0.341 e. The van der Waals surface area contributed by atoms with E-state index in [4.69, 9.17) is 9.84 Å². The number of aliphatic carboxylic acids is 1. The number of hydrogen-bond donors (Lipinski definition) is 2. The van der Waals surface area contributed by atoms with Crippen LogP contribution in [-0.4, -0.2) is 33.4 Å². The summed E-state index contributed by atoms with van der Waals surface area (Å²) in [7, 11) is 1.90. The molecule has 0 bridgehead atoms. The quantitative estimate of drug-likeness (QED) is 0.639. The molecule has 3 rings (SSSR count). The van der Waals surface area contributed by atoms with Crippen molar-refractivity contribution in [1.82, 2.24) is 9.78 Å². The Bertz CT molecular complexity index is 1070. The van der Waals surface area contributed by atoms with Crippen molar-refractivity contribution in [3.63, 3.8) is 0 Å². The van der Waals surface area contributed by atoms with Gasteiger partial charge in [0.25, 0.3) is 0 Å². The number of nitrogens with zero attached hydrogens (tertiary/aromatic N) is 2. The number of carbonyl (C=O) groups is 2. The van der Waals surface area contributed by atoms with Crippen LogP contribution in [0.3, 0.4) is 0 Å². The van der Waals surface area contributed by atoms with Gasteiger partial charge >= 0.3 is 5.97 Å². The Labute approximate surface area is 169 Å². The van der Waals surface area contributed by atoms with Crippen LogP contribution in [-0.2, 0) is 23.1 Å². The summed E-state index contributed by atoms with van der Waals surface area (Å²) in [4.78, 5) is 23.7. The molecule has 152 valence electrons. The van der Waals surface area contributed by atoms with Crippen molar-refractivity contribution >= 4 is 28.3 Å². The zero-order valence-electron chi connectivity index (χ0n) is 17.0. The number of benzene rings is 2. The SMILES string of the molecule is Cc1nn(C)c(C)c1CC(C)C(=O)Nc1ccc(OCC(=O)O)c2ccccc12. The minimum atomic E-state index is -1.04. The van der Waals surface area contributed by atoms with Crippen LogP contribution >= 0.6 is 0 Å². The minimum Gasteiger partial charge on any atom is -0.481 e. The van der Waals surface area contributed by atoms with Gasteiger partial charge in [0, 0.05) is 35.1 Å². The first kappa shape index (κ1) is 20.4. The van der Waals surface area contributed by atoms with E-state index in [1.165, 1.54) is 0 Å². The lowest BCUT2D eigenvalue weighted by Gasteiger charge is -2.16. The van der Waals surface area contributed by atoms with E-state index < -0.39 is 12.6 Å². The van der Waals surface area contributed by atoms with E-state index in [0.717, 1.165) is 27.7 Å². The highest BCUT2D eigenvalue weighted by Crippen LogP contribution is 2.32. The molecule has 0 aliphatic heterocycles. The van der Waals surface area contributed by atoms with Crippen LogP contribution < -0.4 is 10.1 Å². The summed E-state index contributed by atoms with van der Waals surface area (Å²) in [5.41, 5.74) is 3.76. The van der Waals surface area contributed by atoms with Crippen molar-refractivity contribution in [1.29, 1.82) is 0 Å². The molecule has 2 aromatic carbocycles. The lowest BCUT2D eigenvalue weighted by Crippen LogP contribution is -2.22. The van der Waals surface area contributed by atoms with Crippen LogP contribution in [0.5, 0.6) is 5.75 Å². The van der Waals surface area contributed by atoms with E-state index in [9.17, 15) is 9.59 Å². The number of carbonyl (C=O) groups excluding carboxylic acids is 1. The minimum absolute atomic E-state index is 0.0861. The fourth-order valence-electron chi connectivity index (χ4n) is 3.41. The molecule has 1 aromatic heterocycles. The van der Waals surface area contributed by atoms with Gasteiger partial charge in [-0.05, 0) is 38.0 Å². The number of carboxylic acid groups (broad SMARTS) is 1. The van der Waals surface area contributed by atoms with Gasteiger partial charge in [0.1, 0.15) is 5.75 Å². The largest absolute Gasteiger partial charge is 0.481 e. The lowest BCUT2D eigenvalue weighted by atomic mass is 9.98. The van der Waals surface area contributed by atoms with Crippen LogP contribution in [0.1, 0.15) is 23.9 Å². The predicted octanol–water partition coefficient (Wildman–Crippen LogP) is 3.47. The molecule has 1 unspecified atom stereocenters. The number of anilines is 1. The Morgan fingerprint density at radius 3 is 2.48 bits per heavy atom. The first-order valence-corrected chi connectivity index (χ1v) is 9.44. The molecule has 7 nitrogen and oxygen atoms in total. The number of rotatable bonds is 7. The van der Waals surface area contributed by atoms with Gasteiger partial charge in [0.05, 0.1) is 5.69 Å². The molecule has 0 radical (unpaired) electrons. The second-order valence-corrected chi connectivity index (χ2v) is 7.21. The Morgan fingerprint density at radius 2 is 1.86 bits per heavy atom. The normalized spacial score (nSPS) is 12.0. The van der Waals surface area contributed by atoms with Gasteiger partial charge in [0.15, 0.2) is 6.61 Å². The molecule has 1 atom stereocenters. The molecule has 2 N–H and O–H groups in total. The monoisotopic (exact) mass is 395 g/mol. The van der Waals surface area contributed by atoms with E-state index in [2.05, 4.69) is 10.4 Å². The molecule has 3 aromatic rings. The molecule has 0 spiro atoms. The van der Waals surface area contributed by atoms with E-state index in [1.54, 1.807) is 12.1 Å². The van der Waals surface area contributed by atoms with Crippen LogP contribution in [0, 0.1) is 19.8 Å². The second-order valence-electron chi connectivity index (χ2n) is 7.21. The number of hydrogen-bond acceptors (Lipinski definition) is 4. The average molecular weight is 395 g/mol. The Hall–Kier alpha value is -3.35. The smallest absolute Gasteiger partial charge is 0.341 e. The van der Waals surface area contributed by atoms with Crippen LogP contribution in [0.2, 0.25) is 0 Å². The molecule has 0 aliphatic rings. The van der Waals surface area contributed by atoms with E-state index in [1.807, 2.05) is 56.8 Å². The Balaban J connectivity index is 1.81. The summed E-state index contributed by atoms with van der Waals surface area (Å²) in [5, 5.41) is 17.8. The lowest BCUT2D eigenvalue weighted by molar-refractivity contribution is -0.139. The number of aromatic nitrogens is 2. The molecule has 29 heavy (non-hydrogen) atoms. The maximum absolute atomic E-state index is 12.8. The highest BCUT2D eigenvalue weighted by Gasteiger charge is 2.19. The van der Waals surface area contributed by atoms with Crippen molar-refractivity contribution in [2.75, 3.05) is 11.9 Å². The van der Waals surface area contributed by atoms with Crippen LogP contribution in [0.15, 0.2) is 36.4 Å². The summed E-state index contributed by atoms with van der Waals surface area (Å²) in [6.45, 7) is 5.43. The summed E-state index contributed by atoms with van der Waals surface area (Å²) < 4.78 is 7.21. The molecule has 0 fully saturated rings. The number of aryl methyl sites for hydroxylation is 2. The standard InChI is InChI=1S/C22H25N3O4/c1-13(11-18-14(2)24-25(4)15(18)3)22(28)23-19-9-10-20(29-12-21(26)27)17-8-6-5-7-16(17)19/h5-10,13H,11-12H2,1-4H3,(H,23,28)(H,26,27). The zero-order chi connectivity index (χ0) is 21.1. The first-order chi connectivity index (χ1) is 13.8. The number of nitrogens with one attached hydrogen (secondary N) is 1. The molecule has 7 heteroatoms. The molecule has 1 heterocycles.